The van der Waals surface area contributed by atoms with Crippen LogP contribution in [0.4, 0.5) is 11.6 Å². The highest BCUT2D eigenvalue weighted by Crippen LogP contribution is 2.34. The molecule has 3 aromatic heterocycles. The summed E-state index contributed by atoms with van der Waals surface area (Å²) in [5.41, 5.74) is 10.7. The third-order valence-corrected chi connectivity index (χ3v) is 11.0. The van der Waals surface area contributed by atoms with E-state index in [1.165, 1.54) is 11.3 Å². The molecule has 52 heavy (non-hydrogen) atoms. The van der Waals surface area contributed by atoms with Crippen LogP contribution in [0, 0.1) is 5.92 Å². The number of ether oxygens (including phenoxy) is 1. The molecule has 0 spiro atoms. The molecule has 0 aliphatic carbocycles. The Kier molecular flexibility index (Phi) is 12.7. The predicted octanol–water partition coefficient (Wildman–Crippen LogP) is 6.89. The molecule has 1 fully saturated rings. The van der Waals surface area contributed by atoms with E-state index in [-0.39, 0.29) is 17.8 Å². The number of aryl methyl sites for hydroxylation is 2. The van der Waals surface area contributed by atoms with Gasteiger partial charge in [-0.3, -0.25) is 9.59 Å². The number of halogens is 2. The Morgan fingerprint density at radius 3 is 2.60 bits per heavy atom. The number of nitrogen functional groups attached to an aromatic ring is 1. The first-order valence-corrected chi connectivity index (χ1v) is 19.8. The van der Waals surface area contributed by atoms with E-state index in [0.29, 0.717) is 52.7 Å². The van der Waals surface area contributed by atoms with Crippen LogP contribution in [0.25, 0.3) is 32.5 Å². The molecule has 11 nitrogen and oxygen atoms in total. The fourth-order valence-corrected chi connectivity index (χ4v) is 8.22. The Balaban J connectivity index is 0.960. The Hall–Kier alpha value is -4.13. The summed E-state index contributed by atoms with van der Waals surface area (Å²) in [5, 5.41) is 3.62. The van der Waals surface area contributed by atoms with Gasteiger partial charge in [-0.1, -0.05) is 12.1 Å². The van der Waals surface area contributed by atoms with Crippen LogP contribution in [0.3, 0.4) is 0 Å². The van der Waals surface area contributed by atoms with Crippen LogP contribution in [0.2, 0.25) is 0 Å². The third kappa shape index (κ3) is 8.90. The number of nitrogens with two attached hydrogens (primary N) is 1. The first-order valence-electron chi connectivity index (χ1n) is 18.0. The van der Waals surface area contributed by atoms with Gasteiger partial charge in [0.15, 0.2) is 0 Å². The summed E-state index contributed by atoms with van der Waals surface area (Å²) < 4.78 is 8.32. The molecular formula is C38H46Cl2N8O3S. The lowest BCUT2D eigenvalue weighted by atomic mass is 9.93. The lowest BCUT2D eigenvalue weighted by Gasteiger charge is -2.32. The summed E-state index contributed by atoms with van der Waals surface area (Å²) >= 11 is 13.3. The molecular weight excluding hydrogens is 719 g/mol. The molecule has 1 saturated heterocycles. The number of carbonyl (C=O) groups excluding carboxylic acids is 2. The van der Waals surface area contributed by atoms with Gasteiger partial charge in [0.2, 0.25) is 11.9 Å². The number of hydrogen-bond acceptors (Lipinski definition) is 9. The molecule has 5 aromatic rings. The van der Waals surface area contributed by atoms with E-state index >= 15 is 0 Å². The second-order valence-corrected chi connectivity index (χ2v) is 14.9. The molecule has 0 bridgehead atoms. The van der Waals surface area contributed by atoms with Crippen LogP contribution in [0.1, 0.15) is 54.5 Å². The van der Waals surface area contributed by atoms with Gasteiger partial charge in [0.1, 0.15) is 16.4 Å². The molecule has 276 valence electrons. The zero-order valence-corrected chi connectivity index (χ0v) is 32.1. The summed E-state index contributed by atoms with van der Waals surface area (Å²) in [6.45, 7) is 6.03. The number of nitrogens with zero attached hydrogens (tertiary/aromatic N) is 6. The molecule has 4 heterocycles. The van der Waals surface area contributed by atoms with Gasteiger partial charge >= 0.3 is 0 Å². The van der Waals surface area contributed by atoms with Crippen molar-refractivity contribution < 1.29 is 14.3 Å². The number of anilines is 2. The molecule has 0 atom stereocenters. The predicted molar refractivity (Wildman–Crippen MR) is 212 cm³/mol. The first-order chi connectivity index (χ1) is 25.3. The van der Waals surface area contributed by atoms with Crippen molar-refractivity contribution in [1.29, 1.82) is 0 Å². The van der Waals surface area contributed by atoms with Crippen molar-refractivity contribution in [3.63, 3.8) is 0 Å². The Morgan fingerprint density at radius 1 is 1.06 bits per heavy atom. The van der Waals surface area contributed by atoms with Gasteiger partial charge in [0, 0.05) is 81.0 Å². The molecule has 14 heteroatoms. The Bertz CT molecular complexity index is 2000. The summed E-state index contributed by atoms with van der Waals surface area (Å²) in [5.74, 6) is 3.53. The largest absolute Gasteiger partial charge is 0.494 e. The molecule has 0 saturated carbocycles. The smallest absolute Gasteiger partial charge is 0.261 e. The van der Waals surface area contributed by atoms with Crippen molar-refractivity contribution in [3.05, 3.63) is 59.2 Å². The molecule has 0 unspecified atom stereocenters. The van der Waals surface area contributed by atoms with Gasteiger partial charge < -0.3 is 30.2 Å². The van der Waals surface area contributed by atoms with E-state index in [1.54, 1.807) is 0 Å². The van der Waals surface area contributed by atoms with Crippen LogP contribution >= 0.6 is 34.5 Å². The number of imidazole rings is 1. The molecule has 1 aliphatic heterocycles. The summed E-state index contributed by atoms with van der Waals surface area (Å²) in [6.07, 6.45) is 4.87. The van der Waals surface area contributed by atoms with Gasteiger partial charge in [-0.25, -0.2) is 15.0 Å². The van der Waals surface area contributed by atoms with Crippen molar-refractivity contribution in [1.82, 2.24) is 29.7 Å². The van der Waals surface area contributed by atoms with Gasteiger partial charge in [-0.05, 0) is 74.9 Å². The number of piperidine rings is 1. The summed E-state index contributed by atoms with van der Waals surface area (Å²) in [6, 6.07) is 15.9. The number of aromatic nitrogens is 4. The quantitative estimate of drug-likeness (QED) is 0.104. The summed E-state index contributed by atoms with van der Waals surface area (Å²) in [4.78, 5) is 44.8. The van der Waals surface area contributed by atoms with Crippen molar-refractivity contribution >= 4 is 79.2 Å². The average molecular weight is 766 g/mol. The second-order valence-electron chi connectivity index (χ2n) is 13.1. The second kappa shape index (κ2) is 17.6. The highest BCUT2D eigenvalue weighted by atomic mass is 35.5. The molecule has 6 rings (SSSR count). The van der Waals surface area contributed by atoms with Crippen LogP contribution < -0.4 is 20.7 Å². The minimum absolute atomic E-state index is 0.138. The molecule has 2 aromatic carbocycles. The topological polar surface area (TPSA) is 132 Å². The number of benzene rings is 2. The number of hydrogen-bond donors (Lipinski definition) is 2. The normalized spacial score (nSPS) is 13.6. The fraction of sp³-hybridized carbons (Fsp3) is 0.447. The average Bonchev–Trinajstić information content (AvgIpc) is 3.72. The van der Waals surface area contributed by atoms with E-state index in [2.05, 4.69) is 43.0 Å². The van der Waals surface area contributed by atoms with Gasteiger partial charge in [0.05, 0.1) is 28.2 Å². The number of thiophene rings is 1. The lowest BCUT2D eigenvalue weighted by molar-refractivity contribution is -0.132. The Labute approximate surface area is 318 Å². The van der Waals surface area contributed by atoms with Crippen molar-refractivity contribution in [2.45, 2.75) is 45.4 Å². The molecule has 0 radical (unpaired) electrons. The van der Waals surface area contributed by atoms with Crippen LogP contribution in [-0.4, -0.2) is 87.3 Å². The maximum atomic E-state index is 13.1. The van der Waals surface area contributed by atoms with E-state index < -0.39 is 0 Å². The monoisotopic (exact) mass is 764 g/mol. The minimum Gasteiger partial charge on any atom is -0.494 e. The number of rotatable bonds is 16. The van der Waals surface area contributed by atoms with Gasteiger partial charge in [-0.2, -0.15) is 0 Å². The minimum atomic E-state index is -0.138. The number of fused-ring (bicyclic) bond motifs is 2. The lowest BCUT2D eigenvalue weighted by Crippen LogP contribution is -2.38. The Morgan fingerprint density at radius 2 is 1.85 bits per heavy atom. The highest BCUT2D eigenvalue weighted by molar-refractivity contribution is 7.20. The fourth-order valence-electron chi connectivity index (χ4n) is 6.85. The van der Waals surface area contributed by atoms with Gasteiger partial charge in [-0.15, -0.1) is 34.5 Å². The zero-order valence-electron chi connectivity index (χ0n) is 29.7. The van der Waals surface area contributed by atoms with Crippen molar-refractivity contribution in [2.75, 3.05) is 61.7 Å². The molecule has 3 N–H and O–H groups in total. The highest BCUT2D eigenvalue weighted by Gasteiger charge is 2.23. The van der Waals surface area contributed by atoms with Crippen LogP contribution in [0.5, 0.6) is 5.75 Å². The zero-order chi connectivity index (χ0) is 36.6. The van der Waals surface area contributed by atoms with Gasteiger partial charge in [0.25, 0.3) is 5.91 Å². The van der Waals surface area contributed by atoms with E-state index in [1.807, 2.05) is 49.2 Å². The number of alkyl halides is 2. The number of nitrogens with one attached hydrogen (secondary N) is 1. The number of likely N-dealkylation sites (tertiary alicyclic amines) is 1. The van der Waals surface area contributed by atoms with Crippen LogP contribution in [0.15, 0.2) is 48.5 Å². The summed E-state index contributed by atoms with van der Waals surface area (Å²) in [7, 11) is 2.04. The van der Waals surface area contributed by atoms with Crippen LogP contribution in [-0.2, 0) is 18.3 Å². The molecule has 2 amide bonds. The number of carbonyl (C=O) groups is 2. The maximum absolute atomic E-state index is 13.1. The SMILES string of the molecule is CCNC(=O)c1cc2c(-c3cccc(OCCC4CCN(C(=O)CCCc5nc6cc(N(CCCl)CCCl)ccc6n5C)CC4)c3)nc(N)nc2s1. The molecule has 1 aliphatic rings. The standard InChI is InChI=1S/C38H46Cl2N8O3S/c1-3-42-36(50)32-24-29-35(44-38(41)45-37(29)52-32)26-6-4-7-28(22-26)51-21-14-25-12-17-48(18-13-25)34(49)9-5-8-33-43-30-23-27(10-11-31(30)46(33)2)47(19-15-39)20-16-40/h4,6-7,10-11,22-25H,3,5,8-9,12-21H2,1-2H3,(H,42,50)(H2,41,44,45). The van der Waals surface area contributed by atoms with E-state index in [9.17, 15) is 9.59 Å². The van der Waals surface area contributed by atoms with E-state index in [0.717, 1.165) is 97.5 Å². The maximum Gasteiger partial charge on any atom is 0.261 e. The van der Waals surface area contributed by atoms with E-state index in [4.69, 9.17) is 38.7 Å². The van der Waals surface area contributed by atoms with Crippen molar-refractivity contribution in [2.24, 2.45) is 13.0 Å². The third-order valence-electron chi connectivity index (χ3n) is 9.66. The number of amides is 2. The first kappa shape index (κ1) is 37.6. The van der Waals surface area contributed by atoms with Crippen molar-refractivity contribution in [3.8, 4) is 17.0 Å².